The van der Waals surface area contributed by atoms with E-state index in [2.05, 4.69) is 15.3 Å². The number of benzene rings is 2. The Morgan fingerprint density at radius 1 is 1.13 bits per heavy atom. The second kappa shape index (κ2) is 7.46. The topological polar surface area (TPSA) is 91.4 Å². The smallest absolute Gasteiger partial charge is 0.302 e. The summed E-state index contributed by atoms with van der Waals surface area (Å²) in [7, 11) is 1.90. The number of aromatic nitrogens is 3. The second-order valence-corrected chi connectivity index (χ2v) is 7.46. The van der Waals surface area contributed by atoms with Crippen molar-refractivity contribution in [1.82, 2.24) is 14.5 Å². The van der Waals surface area contributed by atoms with Gasteiger partial charge in [-0.2, -0.15) is 4.98 Å². The molecule has 2 aromatic carbocycles. The average Bonchev–Trinajstić information content (AvgIpc) is 3.28. The minimum atomic E-state index is 0.00906. The van der Waals surface area contributed by atoms with Crippen molar-refractivity contribution in [2.45, 2.75) is 25.9 Å². The molecule has 3 heterocycles. The number of nitrogens with zero attached hydrogens (tertiary/aromatic N) is 3. The van der Waals surface area contributed by atoms with E-state index in [4.69, 9.17) is 13.9 Å². The summed E-state index contributed by atoms with van der Waals surface area (Å²) >= 11 is 0. The molecule has 0 bridgehead atoms. The number of carbonyl (C=O) groups is 1. The Kier molecular flexibility index (Phi) is 4.63. The van der Waals surface area contributed by atoms with Crippen LogP contribution >= 0.6 is 0 Å². The molecule has 30 heavy (non-hydrogen) atoms. The van der Waals surface area contributed by atoms with Crippen LogP contribution in [0.5, 0.6) is 5.75 Å². The average molecular weight is 406 g/mol. The molecule has 1 fully saturated rings. The first-order chi connectivity index (χ1) is 14.6. The summed E-state index contributed by atoms with van der Waals surface area (Å²) in [6.45, 7) is 3.01. The molecule has 154 valence electrons. The van der Waals surface area contributed by atoms with Gasteiger partial charge in [-0.25, -0.2) is 4.98 Å². The number of oxazole rings is 1. The van der Waals surface area contributed by atoms with Gasteiger partial charge in [0.15, 0.2) is 11.4 Å². The fourth-order valence-electron chi connectivity index (χ4n) is 3.64. The third-order valence-corrected chi connectivity index (χ3v) is 5.34. The van der Waals surface area contributed by atoms with Gasteiger partial charge in [0.05, 0.1) is 24.2 Å². The third-order valence-electron chi connectivity index (χ3n) is 5.34. The van der Waals surface area contributed by atoms with Gasteiger partial charge in [-0.3, -0.25) is 10.1 Å². The number of nitrogens with one attached hydrogen (secondary N) is 1. The lowest BCUT2D eigenvalue weighted by atomic mass is 10.1. The van der Waals surface area contributed by atoms with Crippen LogP contribution in [0.3, 0.4) is 0 Å². The number of imidazole rings is 1. The molecule has 1 aliphatic heterocycles. The first-order valence-corrected chi connectivity index (χ1v) is 9.96. The number of ketones is 1. The fourth-order valence-corrected chi connectivity index (χ4v) is 3.64. The van der Waals surface area contributed by atoms with Crippen LogP contribution in [0, 0.1) is 0 Å². The van der Waals surface area contributed by atoms with E-state index >= 15 is 0 Å². The van der Waals surface area contributed by atoms with Crippen molar-refractivity contribution in [1.29, 1.82) is 0 Å². The van der Waals surface area contributed by atoms with E-state index in [1.54, 1.807) is 19.1 Å². The van der Waals surface area contributed by atoms with Crippen molar-refractivity contribution in [2.24, 2.45) is 7.05 Å². The molecule has 0 aliphatic carbocycles. The van der Waals surface area contributed by atoms with Gasteiger partial charge in [0, 0.05) is 31.5 Å². The Bertz CT molecular complexity index is 1240. The molecule has 0 saturated carbocycles. The lowest BCUT2D eigenvalue weighted by Crippen LogP contribution is -2.25. The first-order valence-electron chi connectivity index (χ1n) is 9.96. The van der Waals surface area contributed by atoms with Crippen LogP contribution in [0.2, 0.25) is 0 Å². The van der Waals surface area contributed by atoms with E-state index in [0.717, 1.165) is 48.4 Å². The number of anilines is 2. The summed E-state index contributed by atoms with van der Waals surface area (Å²) in [4.78, 5) is 20.7. The molecule has 8 nitrogen and oxygen atoms in total. The lowest BCUT2D eigenvalue weighted by Gasteiger charge is -2.23. The number of rotatable bonds is 5. The minimum absolute atomic E-state index is 0.00906. The van der Waals surface area contributed by atoms with Gasteiger partial charge in [-0.05, 0) is 37.3 Å². The molecular weight excluding hydrogens is 384 g/mol. The summed E-state index contributed by atoms with van der Waals surface area (Å²) in [5, 5.41) is 3.13. The van der Waals surface area contributed by atoms with Crippen molar-refractivity contribution in [3.63, 3.8) is 0 Å². The minimum Gasteiger partial charge on any atom is -0.490 e. The molecule has 0 radical (unpaired) electrons. The zero-order valence-electron chi connectivity index (χ0n) is 16.8. The normalized spacial score (nSPS) is 15.0. The largest absolute Gasteiger partial charge is 0.490 e. The molecule has 0 atom stereocenters. The Balaban J connectivity index is 1.39. The molecular formula is C22H22N4O4. The van der Waals surface area contributed by atoms with Crippen molar-refractivity contribution in [3.8, 4) is 5.75 Å². The van der Waals surface area contributed by atoms with Gasteiger partial charge in [0.25, 0.3) is 0 Å². The highest BCUT2D eigenvalue weighted by Crippen LogP contribution is 2.28. The third kappa shape index (κ3) is 3.50. The van der Waals surface area contributed by atoms with Gasteiger partial charge in [-0.1, -0.05) is 0 Å². The van der Waals surface area contributed by atoms with Crippen molar-refractivity contribution in [3.05, 3.63) is 42.0 Å². The highest BCUT2D eigenvalue weighted by molar-refractivity contribution is 5.97. The van der Waals surface area contributed by atoms with Gasteiger partial charge < -0.3 is 18.5 Å². The molecule has 1 aliphatic rings. The van der Waals surface area contributed by atoms with Gasteiger partial charge in [0.2, 0.25) is 5.95 Å². The Morgan fingerprint density at radius 3 is 2.77 bits per heavy atom. The van der Waals surface area contributed by atoms with Crippen LogP contribution < -0.4 is 10.1 Å². The summed E-state index contributed by atoms with van der Waals surface area (Å²) in [6.07, 6.45) is 1.94. The van der Waals surface area contributed by atoms with Crippen molar-refractivity contribution in [2.75, 3.05) is 18.5 Å². The maximum atomic E-state index is 11.6. The molecule has 5 rings (SSSR count). The Morgan fingerprint density at radius 2 is 1.97 bits per heavy atom. The Labute approximate surface area is 172 Å². The maximum Gasteiger partial charge on any atom is 0.302 e. The van der Waals surface area contributed by atoms with Crippen LogP contribution in [0.15, 0.2) is 40.8 Å². The number of Topliss-reactive ketones (excluding diaryl/α,β-unsaturated/α-hetero) is 1. The highest BCUT2D eigenvalue weighted by Gasteiger charge is 2.17. The number of ether oxygens (including phenoxy) is 2. The predicted octanol–water partition coefficient (Wildman–Crippen LogP) is 4.22. The van der Waals surface area contributed by atoms with Crippen LogP contribution in [0.4, 0.5) is 12.0 Å². The first kappa shape index (κ1) is 18.6. The monoisotopic (exact) mass is 406 g/mol. The summed E-state index contributed by atoms with van der Waals surface area (Å²) in [5.41, 5.74) is 3.64. The summed E-state index contributed by atoms with van der Waals surface area (Å²) < 4.78 is 19.2. The second-order valence-electron chi connectivity index (χ2n) is 7.46. The van der Waals surface area contributed by atoms with Crippen LogP contribution in [-0.4, -0.2) is 39.6 Å². The standard InChI is InChI=1S/C22H22N4O4/c1-13(27)14-3-6-19-18(11-14)23-21(26(19)2)25-22-24-17-5-4-16(12-20(17)30-22)29-15-7-9-28-10-8-15/h3-6,11-12,15H,7-10H2,1-2H3,(H,23,24,25). The van der Waals surface area contributed by atoms with E-state index in [1.165, 1.54) is 0 Å². The van der Waals surface area contributed by atoms with Crippen LogP contribution in [-0.2, 0) is 11.8 Å². The maximum absolute atomic E-state index is 11.6. The molecule has 2 aromatic heterocycles. The van der Waals surface area contributed by atoms with Gasteiger partial charge in [-0.15, -0.1) is 0 Å². The molecule has 0 unspecified atom stereocenters. The number of carbonyl (C=O) groups excluding carboxylic acids is 1. The number of aryl methyl sites for hydroxylation is 1. The SMILES string of the molecule is CC(=O)c1ccc2c(c1)nc(Nc1nc3ccc(OC4CCOCC4)cc3o1)n2C. The summed E-state index contributed by atoms with van der Waals surface area (Å²) in [6, 6.07) is 11.5. The Hall–Kier alpha value is -3.39. The summed E-state index contributed by atoms with van der Waals surface area (Å²) in [5.74, 6) is 1.35. The molecule has 0 amide bonds. The highest BCUT2D eigenvalue weighted by atomic mass is 16.5. The lowest BCUT2D eigenvalue weighted by molar-refractivity contribution is 0.0256. The van der Waals surface area contributed by atoms with E-state index in [1.807, 2.05) is 35.9 Å². The van der Waals surface area contributed by atoms with Crippen LogP contribution in [0.1, 0.15) is 30.1 Å². The molecule has 4 aromatic rings. The van der Waals surface area contributed by atoms with Crippen molar-refractivity contribution >= 4 is 39.9 Å². The molecule has 0 spiro atoms. The fraction of sp³-hybridized carbons (Fsp3) is 0.318. The van der Waals surface area contributed by atoms with Gasteiger partial charge in [0.1, 0.15) is 17.4 Å². The number of hydrogen-bond donors (Lipinski definition) is 1. The molecule has 1 N–H and O–H groups in total. The molecule has 8 heteroatoms. The zero-order valence-corrected chi connectivity index (χ0v) is 16.8. The van der Waals surface area contributed by atoms with Gasteiger partial charge >= 0.3 is 6.01 Å². The molecule has 1 saturated heterocycles. The van der Waals surface area contributed by atoms with Crippen LogP contribution in [0.25, 0.3) is 22.1 Å². The number of fused-ring (bicyclic) bond motifs is 2. The van der Waals surface area contributed by atoms with E-state index < -0.39 is 0 Å². The quantitative estimate of drug-likeness (QED) is 0.496. The van der Waals surface area contributed by atoms with Crippen molar-refractivity contribution < 1.29 is 18.7 Å². The van der Waals surface area contributed by atoms with E-state index in [0.29, 0.717) is 23.1 Å². The van der Waals surface area contributed by atoms with E-state index in [-0.39, 0.29) is 11.9 Å². The zero-order chi connectivity index (χ0) is 20.7. The number of hydrogen-bond acceptors (Lipinski definition) is 7. The predicted molar refractivity (Wildman–Crippen MR) is 112 cm³/mol. The van der Waals surface area contributed by atoms with E-state index in [9.17, 15) is 4.79 Å².